The monoisotopic (exact) mass is 268 g/mol. The van der Waals surface area contributed by atoms with Crippen LogP contribution in [0.25, 0.3) is 0 Å². The molecule has 1 spiro atoms. The van der Waals surface area contributed by atoms with E-state index in [1.54, 1.807) is 20.8 Å². The van der Waals surface area contributed by atoms with Crippen LogP contribution in [-0.2, 0) is 14.3 Å². The van der Waals surface area contributed by atoms with Crippen molar-refractivity contribution in [2.75, 3.05) is 0 Å². The van der Waals surface area contributed by atoms with E-state index in [9.17, 15) is 15.0 Å². The van der Waals surface area contributed by atoms with Crippen molar-refractivity contribution in [3.63, 3.8) is 0 Å². The maximum atomic E-state index is 12.1. The van der Waals surface area contributed by atoms with Crippen LogP contribution in [0, 0.1) is 11.3 Å². The molecule has 2 fully saturated rings. The van der Waals surface area contributed by atoms with Gasteiger partial charge >= 0.3 is 0 Å². The lowest BCUT2D eigenvalue weighted by atomic mass is 9.61. The molecule has 2 bridgehead atoms. The first kappa shape index (κ1) is 13.2. The molecule has 1 aliphatic carbocycles. The predicted molar refractivity (Wildman–Crippen MR) is 66.0 cm³/mol. The smallest absolute Gasteiger partial charge is 0.205 e. The second kappa shape index (κ2) is 3.47. The highest BCUT2D eigenvalue weighted by Crippen LogP contribution is 2.62. The Labute approximate surface area is 112 Å². The van der Waals surface area contributed by atoms with Crippen LogP contribution in [-0.4, -0.2) is 39.8 Å². The molecular formula is C14H20O5. The van der Waals surface area contributed by atoms with Gasteiger partial charge in [-0.15, -0.1) is 0 Å². The maximum absolute atomic E-state index is 12.1. The van der Waals surface area contributed by atoms with Gasteiger partial charge in [-0.25, -0.2) is 0 Å². The van der Waals surface area contributed by atoms with Crippen LogP contribution in [0.2, 0.25) is 0 Å². The summed E-state index contributed by atoms with van der Waals surface area (Å²) in [7, 11) is 0. The summed E-state index contributed by atoms with van der Waals surface area (Å²) in [5.41, 5.74) is -1.64. The fourth-order valence-electron chi connectivity index (χ4n) is 3.91. The van der Waals surface area contributed by atoms with Crippen molar-refractivity contribution < 1.29 is 24.5 Å². The molecule has 5 nitrogen and oxygen atoms in total. The number of rotatable bonds is 0. The van der Waals surface area contributed by atoms with E-state index in [4.69, 9.17) is 9.47 Å². The first-order valence-corrected chi connectivity index (χ1v) is 6.64. The molecule has 5 heteroatoms. The number of carbonyl (C=O) groups is 1. The van der Waals surface area contributed by atoms with Crippen molar-refractivity contribution in [1.29, 1.82) is 0 Å². The summed E-state index contributed by atoms with van der Waals surface area (Å²) < 4.78 is 11.4. The topological polar surface area (TPSA) is 76.0 Å². The number of fused-ring (bicyclic) bond motifs is 3. The molecule has 3 aliphatic rings. The quantitative estimate of drug-likeness (QED) is 0.678. The molecule has 3 rings (SSSR count). The first-order chi connectivity index (χ1) is 8.66. The maximum Gasteiger partial charge on any atom is 0.205 e. The third-order valence-electron chi connectivity index (χ3n) is 5.02. The van der Waals surface area contributed by atoms with Gasteiger partial charge in [-0.1, -0.05) is 20.8 Å². The fraction of sp³-hybridized carbons (Fsp3) is 0.786. The molecule has 2 aliphatic heterocycles. The van der Waals surface area contributed by atoms with E-state index in [1.807, 2.05) is 6.92 Å². The summed E-state index contributed by atoms with van der Waals surface area (Å²) in [6.07, 6.45) is 0.0766. The van der Waals surface area contributed by atoms with Crippen molar-refractivity contribution in [3.05, 3.63) is 11.6 Å². The van der Waals surface area contributed by atoms with E-state index >= 15 is 0 Å². The zero-order chi connectivity index (χ0) is 14.2. The molecule has 0 aromatic rings. The number of carbonyl (C=O) groups excluding carboxylic acids is 1. The summed E-state index contributed by atoms with van der Waals surface area (Å²) >= 11 is 0. The molecule has 0 aromatic carbocycles. The van der Waals surface area contributed by atoms with E-state index < -0.39 is 29.2 Å². The van der Waals surface area contributed by atoms with Gasteiger partial charge in [0.05, 0.1) is 0 Å². The Bertz CT molecular complexity index is 470. The number of hydrogen-bond acceptors (Lipinski definition) is 5. The lowest BCUT2D eigenvalue weighted by Crippen LogP contribution is -2.60. The third-order valence-corrected chi connectivity index (χ3v) is 5.02. The van der Waals surface area contributed by atoms with Crippen LogP contribution < -0.4 is 0 Å². The number of ketones is 1. The van der Waals surface area contributed by atoms with Crippen LogP contribution in [0.4, 0.5) is 0 Å². The zero-order valence-corrected chi connectivity index (χ0v) is 11.6. The number of aliphatic hydroxyl groups is 2. The first-order valence-electron chi connectivity index (χ1n) is 6.64. The Kier molecular flexibility index (Phi) is 2.42. The molecular weight excluding hydrogens is 248 g/mol. The predicted octanol–water partition coefficient (Wildman–Crippen LogP) is 0.743. The van der Waals surface area contributed by atoms with Gasteiger partial charge in [0.15, 0.2) is 12.1 Å². The molecule has 2 saturated heterocycles. The van der Waals surface area contributed by atoms with E-state index in [-0.39, 0.29) is 11.7 Å². The Hall–Kier alpha value is -0.750. The Morgan fingerprint density at radius 3 is 2.53 bits per heavy atom. The molecule has 0 aromatic heterocycles. The summed E-state index contributed by atoms with van der Waals surface area (Å²) in [6.45, 7) is 7.16. The van der Waals surface area contributed by atoms with Crippen LogP contribution in [0.5, 0.6) is 0 Å². The fourth-order valence-corrected chi connectivity index (χ4v) is 3.91. The minimum atomic E-state index is -1.40. The molecule has 106 valence electrons. The van der Waals surface area contributed by atoms with Crippen molar-refractivity contribution in [1.82, 2.24) is 0 Å². The molecule has 2 heterocycles. The Balaban J connectivity index is 2.18. The number of ether oxygens (including phenoxy) is 2. The van der Waals surface area contributed by atoms with Gasteiger partial charge in [-0.2, -0.15) is 0 Å². The number of hydrogen-bond donors (Lipinski definition) is 2. The molecule has 5 atom stereocenters. The molecule has 0 amide bonds. The van der Waals surface area contributed by atoms with Gasteiger partial charge in [0, 0.05) is 17.8 Å². The largest absolute Gasteiger partial charge is 0.379 e. The summed E-state index contributed by atoms with van der Waals surface area (Å²) in [6, 6.07) is 0. The average Bonchev–Trinajstić information content (AvgIpc) is 2.64. The third kappa shape index (κ3) is 1.27. The second-order valence-corrected chi connectivity index (χ2v) is 6.60. The highest BCUT2D eigenvalue weighted by Gasteiger charge is 2.76. The summed E-state index contributed by atoms with van der Waals surface area (Å²) in [5.74, 6) is -1.63. The van der Waals surface area contributed by atoms with Crippen molar-refractivity contribution >= 4 is 5.78 Å². The summed E-state index contributed by atoms with van der Waals surface area (Å²) in [5, 5.41) is 21.1. The lowest BCUT2D eigenvalue weighted by molar-refractivity contribution is -0.296. The van der Waals surface area contributed by atoms with E-state index in [0.717, 1.165) is 0 Å². The van der Waals surface area contributed by atoms with Crippen molar-refractivity contribution in [3.8, 4) is 0 Å². The molecule has 0 saturated carbocycles. The standard InChI is InChI=1S/C14H20O5/c1-7-6-13(19-11(7)16)14(17)8(2)5-9(15)10(18-13)12(14,3)4/h5,7,10-11,16-17H,6H2,1-4H3/t7-,10-,11+,13-,14-/m1/s1. The molecule has 0 unspecified atom stereocenters. The normalized spacial score (nSPS) is 51.8. The van der Waals surface area contributed by atoms with Gasteiger partial charge < -0.3 is 19.7 Å². The van der Waals surface area contributed by atoms with Crippen LogP contribution in [0.3, 0.4) is 0 Å². The van der Waals surface area contributed by atoms with Crippen LogP contribution in [0.15, 0.2) is 11.6 Å². The molecule has 0 radical (unpaired) electrons. The van der Waals surface area contributed by atoms with Crippen LogP contribution in [0.1, 0.15) is 34.1 Å². The highest BCUT2D eigenvalue weighted by atomic mass is 16.8. The van der Waals surface area contributed by atoms with Crippen molar-refractivity contribution in [2.24, 2.45) is 11.3 Å². The Morgan fingerprint density at radius 1 is 1.37 bits per heavy atom. The minimum Gasteiger partial charge on any atom is -0.379 e. The number of aliphatic hydroxyl groups excluding tert-OH is 1. The van der Waals surface area contributed by atoms with Gasteiger partial charge in [0.1, 0.15) is 11.7 Å². The van der Waals surface area contributed by atoms with Gasteiger partial charge in [0.2, 0.25) is 5.79 Å². The SMILES string of the molecule is CC1=CC(=O)[C@H]2O[C@@]3(C[C@@H](C)[C@@H](O)O3)[C@]1(O)C2(C)C. The van der Waals surface area contributed by atoms with E-state index in [0.29, 0.717) is 12.0 Å². The molecule has 2 N–H and O–H groups in total. The molecule has 19 heavy (non-hydrogen) atoms. The van der Waals surface area contributed by atoms with E-state index in [2.05, 4.69) is 0 Å². The highest BCUT2D eigenvalue weighted by molar-refractivity contribution is 5.97. The Morgan fingerprint density at radius 2 is 2.00 bits per heavy atom. The van der Waals surface area contributed by atoms with E-state index in [1.165, 1.54) is 6.08 Å². The average molecular weight is 268 g/mol. The van der Waals surface area contributed by atoms with Gasteiger partial charge in [-0.05, 0) is 18.6 Å². The van der Waals surface area contributed by atoms with Crippen molar-refractivity contribution in [2.45, 2.75) is 57.9 Å². The minimum absolute atomic E-state index is 0.151. The van der Waals surface area contributed by atoms with Gasteiger partial charge in [-0.3, -0.25) is 4.79 Å². The van der Waals surface area contributed by atoms with Crippen LogP contribution >= 0.6 is 0 Å². The second-order valence-electron chi connectivity index (χ2n) is 6.60. The zero-order valence-electron chi connectivity index (χ0n) is 11.6. The summed E-state index contributed by atoms with van der Waals surface area (Å²) in [4.78, 5) is 12.1. The van der Waals surface area contributed by atoms with Gasteiger partial charge in [0.25, 0.3) is 0 Å². The lowest BCUT2D eigenvalue weighted by Gasteiger charge is -2.45.